The third-order valence-electron chi connectivity index (χ3n) is 2.56. The van der Waals surface area contributed by atoms with Gasteiger partial charge in [-0.3, -0.25) is 10.1 Å². The third kappa shape index (κ3) is 4.22. The summed E-state index contributed by atoms with van der Waals surface area (Å²) in [6, 6.07) is 11.2. The number of aromatic hydroxyl groups is 1. The highest BCUT2D eigenvalue weighted by Crippen LogP contribution is 2.21. The summed E-state index contributed by atoms with van der Waals surface area (Å²) in [6.07, 6.45) is 2.80. The SMILES string of the molecule is O=[N+]([O-])c1ccc(O)c(/C=N/N=C/c2ccc(Br)cc2)c1. The van der Waals surface area contributed by atoms with Gasteiger partial charge in [-0.2, -0.15) is 10.2 Å². The predicted octanol–water partition coefficient (Wildman–Crippen LogP) is 3.52. The number of non-ortho nitro benzene ring substituents is 1. The van der Waals surface area contributed by atoms with E-state index in [2.05, 4.69) is 26.1 Å². The van der Waals surface area contributed by atoms with Crippen molar-refractivity contribution in [1.82, 2.24) is 0 Å². The number of nitrogens with zero attached hydrogens (tertiary/aromatic N) is 3. The van der Waals surface area contributed by atoms with Crippen molar-refractivity contribution in [3.63, 3.8) is 0 Å². The molecular formula is C14H10BrN3O3. The van der Waals surface area contributed by atoms with Crippen LogP contribution in [0.5, 0.6) is 5.75 Å². The summed E-state index contributed by atoms with van der Waals surface area (Å²) in [4.78, 5) is 10.1. The Bertz CT molecular complexity index is 712. The molecule has 2 aromatic carbocycles. The molecule has 2 aromatic rings. The van der Waals surface area contributed by atoms with Crippen LogP contribution in [0.4, 0.5) is 5.69 Å². The molecule has 0 heterocycles. The first kappa shape index (κ1) is 14.9. The number of phenols is 1. The van der Waals surface area contributed by atoms with Gasteiger partial charge in [-0.25, -0.2) is 0 Å². The average molecular weight is 348 g/mol. The molecule has 7 heteroatoms. The van der Waals surface area contributed by atoms with Crippen molar-refractivity contribution in [2.45, 2.75) is 0 Å². The van der Waals surface area contributed by atoms with Gasteiger partial charge in [-0.15, -0.1) is 0 Å². The highest BCUT2D eigenvalue weighted by Gasteiger charge is 2.08. The topological polar surface area (TPSA) is 88.1 Å². The van der Waals surface area contributed by atoms with E-state index < -0.39 is 4.92 Å². The number of nitro benzene ring substituents is 1. The maximum absolute atomic E-state index is 10.7. The molecule has 0 aliphatic heterocycles. The van der Waals surface area contributed by atoms with E-state index in [0.717, 1.165) is 10.0 Å². The maximum Gasteiger partial charge on any atom is 0.270 e. The van der Waals surface area contributed by atoms with Gasteiger partial charge in [0.1, 0.15) is 5.75 Å². The lowest BCUT2D eigenvalue weighted by Gasteiger charge is -1.97. The Labute approximate surface area is 128 Å². The Morgan fingerprint density at radius 1 is 1.10 bits per heavy atom. The molecule has 0 amide bonds. The maximum atomic E-state index is 10.7. The average Bonchev–Trinajstić information content (AvgIpc) is 2.47. The molecule has 0 unspecified atom stereocenters. The molecule has 0 atom stereocenters. The highest BCUT2D eigenvalue weighted by atomic mass is 79.9. The Morgan fingerprint density at radius 2 is 1.76 bits per heavy atom. The number of hydrogen-bond donors (Lipinski definition) is 1. The van der Waals surface area contributed by atoms with Gasteiger partial charge in [-0.1, -0.05) is 28.1 Å². The number of hydrogen-bond acceptors (Lipinski definition) is 5. The van der Waals surface area contributed by atoms with Crippen LogP contribution in [0.3, 0.4) is 0 Å². The van der Waals surface area contributed by atoms with Crippen molar-refractivity contribution in [1.29, 1.82) is 0 Å². The summed E-state index contributed by atoms with van der Waals surface area (Å²) in [5.41, 5.74) is 0.974. The van der Waals surface area contributed by atoms with Crippen LogP contribution >= 0.6 is 15.9 Å². The predicted molar refractivity (Wildman–Crippen MR) is 84.1 cm³/mol. The van der Waals surface area contributed by atoms with Gasteiger partial charge < -0.3 is 5.11 Å². The zero-order chi connectivity index (χ0) is 15.2. The molecule has 2 rings (SSSR count). The standard InChI is InChI=1S/C14H10BrN3O3/c15-12-3-1-10(2-4-12)8-16-17-9-11-7-13(18(20)21)5-6-14(11)19/h1-9,19H/b16-8+,17-9+. The number of benzene rings is 2. The van der Waals surface area contributed by atoms with E-state index in [4.69, 9.17) is 0 Å². The molecule has 0 fully saturated rings. The summed E-state index contributed by atoms with van der Waals surface area (Å²) in [5.74, 6) is -0.0943. The van der Waals surface area contributed by atoms with E-state index in [1.807, 2.05) is 24.3 Å². The molecule has 0 saturated heterocycles. The molecule has 0 saturated carbocycles. The first-order valence-corrected chi connectivity index (χ1v) is 6.65. The van der Waals surface area contributed by atoms with E-state index in [1.165, 1.54) is 30.6 Å². The van der Waals surface area contributed by atoms with Crippen molar-refractivity contribution in [3.05, 3.63) is 68.2 Å². The summed E-state index contributed by atoms with van der Waals surface area (Å²) < 4.78 is 0.963. The first-order valence-electron chi connectivity index (χ1n) is 5.85. The van der Waals surface area contributed by atoms with Gasteiger partial charge in [0.25, 0.3) is 5.69 Å². The van der Waals surface area contributed by atoms with Gasteiger partial charge in [0.2, 0.25) is 0 Å². The molecule has 0 radical (unpaired) electrons. The minimum Gasteiger partial charge on any atom is -0.507 e. The van der Waals surface area contributed by atoms with Crippen molar-refractivity contribution in [3.8, 4) is 5.75 Å². The molecule has 0 aliphatic rings. The number of halogens is 1. The van der Waals surface area contributed by atoms with Gasteiger partial charge in [0.15, 0.2) is 0 Å². The summed E-state index contributed by atoms with van der Waals surface area (Å²) >= 11 is 3.33. The highest BCUT2D eigenvalue weighted by molar-refractivity contribution is 9.10. The van der Waals surface area contributed by atoms with E-state index in [1.54, 1.807) is 0 Å². The van der Waals surface area contributed by atoms with Gasteiger partial charge in [0.05, 0.1) is 17.4 Å². The van der Waals surface area contributed by atoms with Crippen LogP contribution < -0.4 is 0 Å². The monoisotopic (exact) mass is 347 g/mol. The summed E-state index contributed by atoms with van der Waals surface area (Å²) in [7, 11) is 0. The number of rotatable bonds is 4. The van der Waals surface area contributed by atoms with E-state index in [-0.39, 0.29) is 17.0 Å². The zero-order valence-corrected chi connectivity index (χ0v) is 12.3. The van der Waals surface area contributed by atoms with Gasteiger partial charge in [0, 0.05) is 22.2 Å². The van der Waals surface area contributed by atoms with Crippen LogP contribution in [0.15, 0.2) is 57.1 Å². The molecule has 0 aromatic heterocycles. The Morgan fingerprint density at radius 3 is 2.43 bits per heavy atom. The second-order valence-electron chi connectivity index (χ2n) is 4.04. The Kier molecular flexibility index (Phi) is 4.78. The van der Waals surface area contributed by atoms with Crippen molar-refractivity contribution in [2.75, 3.05) is 0 Å². The molecular weight excluding hydrogens is 338 g/mol. The second kappa shape index (κ2) is 6.76. The van der Waals surface area contributed by atoms with Crippen LogP contribution in [0.25, 0.3) is 0 Å². The summed E-state index contributed by atoms with van der Waals surface area (Å²) in [6.45, 7) is 0. The lowest BCUT2D eigenvalue weighted by Crippen LogP contribution is -1.90. The Hall–Kier alpha value is -2.54. The van der Waals surface area contributed by atoms with Gasteiger partial charge in [-0.05, 0) is 23.8 Å². The number of nitro groups is 1. The molecule has 1 N–H and O–H groups in total. The van der Waals surface area contributed by atoms with E-state index >= 15 is 0 Å². The first-order chi connectivity index (χ1) is 10.1. The fraction of sp³-hybridized carbons (Fsp3) is 0. The normalized spacial score (nSPS) is 11.3. The lowest BCUT2D eigenvalue weighted by molar-refractivity contribution is -0.384. The quantitative estimate of drug-likeness (QED) is 0.521. The fourth-order valence-electron chi connectivity index (χ4n) is 1.50. The molecule has 0 spiro atoms. The second-order valence-corrected chi connectivity index (χ2v) is 4.96. The Balaban J connectivity index is 2.12. The minimum atomic E-state index is -0.540. The number of phenolic OH excluding ortho intramolecular Hbond substituents is 1. The molecule has 0 bridgehead atoms. The fourth-order valence-corrected chi connectivity index (χ4v) is 1.77. The minimum absolute atomic E-state index is 0.0943. The van der Waals surface area contributed by atoms with Crippen molar-refractivity contribution >= 4 is 34.0 Å². The van der Waals surface area contributed by atoms with Crippen LogP contribution in [0.2, 0.25) is 0 Å². The van der Waals surface area contributed by atoms with Crippen LogP contribution in [0, 0.1) is 10.1 Å². The summed E-state index contributed by atoms with van der Waals surface area (Å²) in [5, 5.41) is 27.8. The largest absolute Gasteiger partial charge is 0.507 e. The van der Waals surface area contributed by atoms with Crippen LogP contribution in [-0.2, 0) is 0 Å². The molecule has 0 aliphatic carbocycles. The molecule has 106 valence electrons. The van der Waals surface area contributed by atoms with Gasteiger partial charge >= 0.3 is 0 Å². The van der Waals surface area contributed by atoms with Crippen LogP contribution in [-0.4, -0.2) is 22.5 Å². The van der Waals surface area contributed by atoms with E-state index in [9.17, 15) is 15.2 Å². The molecule has 6 nitrogen and oxygen atoms in total. The molecule has 21 heavy (non-hydrogen) atoms. The van der Waals surface area contributed by atoms with E-state index in [0.29, 0.717) is 0 Å². The lowest BCUT2D eigenvalue weighted by atomic mass is 10.2. The van der Waals surface area contributed by atoms with Crippen molar-refractivity contribution < 1.29 is 10.0 Å². The third-order valence-corrected chi connectivity index (χ3v) is 3.09. The van der Waals surface area contributed by atoms with Crippen LogP contribution in [0.1, 0.15) is 11.1 Å². The smallest absolute Gasteiger partial charge is 0.270 e. The zero-order valence-electron chi connectivity index (χ0n) is 10.7. The van der Waals surface area contributed by atoms with Crippen molar-refractivity contribution in [2.24, 2.45) is 10.2 Å².